The van der Waals surface area contributed by atoms with Gasteiger partial charge in [-0.15, -0.1) is 0 Å². The van der Waals surface area contributed by atoms with Gasteiger partial charge in [0.25, 0.3) is 5.91 Å². The average molecular weight is 302 g/mol. The van der Waals surface area contributed by atoms with E-state index in [1.165, 1.54) is 0 Å². The zero-order valence-corrected chi connectivity index (χ0v) is 12.5. The summed E-state index contributed by atoms with van der Waals surface area (Å²) in [6, 6.07) is 17.9. The largest absolute Gasteiger partial charge is 0.497 e. The van der Waals surface area contributed by atoms with Crippen LogP contribution in [0.3, 0.4) is 0 Å². The highest BCUT2D eigenvalue weighted by atomic mass is 16.5. The summed E-state index contributed by atoms with van der Waals surface area (Å²) in [4.78, 5) is 14.9. The Balaban J connectivity index is 1.79. The predicted molar refractivity (Wildman–Crippen MR) is 90.1 cm³/mol. The van der Waals surface area contributed by atoms with Crippen LogP contribution in [0.15, 0.2) is 54.6 Å². The Morgan fingerprint density at radius 1 is 1.09 bits per heavy atom. The van der Waals surface area contributed by atoms with E-state index in [1.54, 1.807) is 7.11 Å². The van der Waals surface area contributed by atoms with E-state index in [9.17, 15) is 4.79 Å². The van der Waals surface area contributed by atoms with E-state index in [0.29, 0.717) is 0 Å². The van der Waals surface area contributed by atoms with Gasteiger partial charge in [-0.1, -0.05) is 30.3 Å². The minimum atomic E-state index is -0.164. The number of ether oxygens (including phenoxy) is 1. The number of nitrogens with one attached hydrogen (secondary N) is 1. The molecule has 112 valence electrons. The lowest BCUT2D eigenvalue weighted by Gasteiger charge is -2.31. The monoisotopic (exact) mass is 302 g/mol. The quantitative estimate of drug-likeness (QED) is 0.740. The third-order valence-electron chi connectivity index (χ3n) is 4.70. The first-order valence-corrected chi connectivity index (χ1v) is 7.58. The normalized spacial score (nSPS) is 17.7. The highest BCUT2D eigenvalue weighted by Gasteiger charge is 2.40. The number of hydrogen-bond donors (Lipinski definition) is 1. The molecule has 0 bridgehead atoms. The molecule has 1 N–H and O–H groups in total. The zero-order valence-electron chi connectivity index (χ0n) is 12.5. The number of hydrogen-bond acceptors (Lipinski definition) is 3. The van der Waals surface area contributed by atoms with Crippen LogP contribution < -0.4 is 15.0 Å². The Morgan fingerprint density at radius 2 is 1.91 bits per heavy atom. The van der Waals surface area contributed by atoms with Gasteiger partial charge >= 0.3 is 0 Å². The first-order chi connectivity index (χ1) is 11.3. The zero-order chi connectivity index (χ0) is 15.6. The van der Waals surface area contributed by atoms with Crippen LogP contribution in [0, 0.1) is 0 Å². The van der Waals surface area contributed by atoms with Crippen LogP contribution >= 0.6 is 0 Å². The lowest BCUT2D eigenvalue weighted by atomic mass is 9.93. The van der Waals surface area contributed by atoms with Crippen LogP contribution in [0.2, 0.25) is 0 Å². The Labute approximate surface area is 133 Å². The summed E-state index contributed by atoms with van der Waals surface area (Å²) in [5.74, 6) is 0.773. The molecule has 0 saturated carbocycles. The van der Waals surface area contributed by atoms with Gasteiger partial charge in [0.1, 0.15) is 11.9 Å². The van der Waals surface area contributed by atoms with Crippen molar-refractivity contribution >= 4 is 28.1 Å². The lowest BCUT2D eigenvalue weighted by Crippen LogP contribution is -2.37. The van der Waals surface area contributed by atoms with Gasteiger partial charge in [0, 0.05) is 22.6 Å². The molecule has 0 spiro atoms. The Morgan fingerprint density at radius 3 is 2.74 bits per heavy atom. The first kappa shape index (κ1) is 12.5. The fraction of sp³-hybridized carbons (Fsp3) is 0.105. The van der Waals surface area contributed by atoms with E-state index >= 15 is 0 Å². The van der Waals surface area contributed by atoms with Gasteiger partial charge < -0.3 is 10.1 Å². The predicted octanol–water partition coefficient (Wildman–Crippen LogP) is 3.93. The number of benzene rings is 3. The standard InChI is InChI=1S/C19H14N2O2/c1-23-12-8-9-15-16(10-12)21-18(20-15)13-6-2-4-11-5-3-7-14(17(11)13)19(21)22/h2-10,18,20H,1H3. The summed E-state index contributed by atoms with van der Waals surface area (Å²) >= 11 is 0. The maximum atomic E-state index is 13.1. The number of carbonyl (C=O) groups is 1. The smallest absolute Gasteiger partial charge is 0.260 e. The molecule has 0 aromatic heterocycles. The molecular formula is C19H14N2O2. The molecule has 0 fully saturated rings. The summed E-state index contributed by atoms with van der Waals surface area (Å²) in [6.07, 6.45) is -0.164. The molecule has 0 aliphatic carbocycles. The maximum absolute atomic E-state index is 13.1. The van der Waals surface area contributed by atoms with Gasteiger partial charge in [0.2, 0.25) is 0 Å². The van der Waals surface area contributed by atoms with Crippen LogP contribution in [0.5, 0.6) is 5.75 Å². The van der Waals surface area contributed by atoms with Crippen molar-refractivity contribution in [3.05, 3.63) is 65.7 Å². The number of nitrogens with zero attached hydrogens (tertiary/aromatic N) is 1. The Bertz CT molecular complexity index is 975. The Hall–Kier alpha value is -3.01. The van der Waals surface area contributed by atoms with Crippen LogP contribution in [-0.2, 0) is 0 Å². The van der Waals surface area contributed by atoms with Gasteiger partial charge in [-0.25, -0.2) is 0 Å². The van der Waals surface area contributed by atoms with Crippen molar-refractivity contribution in [3.8, 4) is 5.75 Å². The summed E-state index contributed by atoms with van der Waals surface area (Å²) in [7, 11) is 1.63. The number of fused-ring (bicyclic) bond motifs is 4. The third-order valence-corrected chi connectivity index (χ3v) is 4.70. The van der Waals surface area contributed by atoms with Crippen molar-refractivity contribution < 1.29 is 9.53 Å². The van der Waals surface area contributed by atoms with Gasteiger partial charge in [-0.2, -0.15) is 0 Å². The van der Waals surface area contributed by atoms with E-state index in [0.717, 1.165) is 39.0 Å². The van der Waals surface area contributed by atoms with E-state index in [-0.39, 0.29) is 12.1 Å². The molecule has 2 aliphatic rings. The molecule has 0 radical (unpaired) electrons. The van der Waals surface area contributed by atoms with Crippen LogP contribution in [0.1, 0.15) is 22.1 Å². The molecule has 5 rings (SSSR count). The van der Waals surface area contributed by atoms with Crippen LogP contribution in [0.25, 0.3) is 10.8 Å². The summed E-state index contributed by atoms with van der Waals surface area (Å²) in [5, 5.41) is 5.62. The van der Waals surface area contributed by atoms with E-state index in [2.05, 4.69) is 23.5 Å². The van der Waals surface area contributed by atoms with E-state index < -0.39 is 0 Å². The van der Waals surface area contributed by atoms with Crippen molar-refractivity contribution in [2.75, 3.05) is 17.3 Å². The molecule has 2 aliphatic heterocycles. The summed E-state index contributed by atoms with van der Waals surface area (Å²) in [6.45, 7) is 0. The number of rotatable bonds is 1. The number of anilines is 2. The second kappa shape index (κ2) is 4.26. The molecule has 1 atom stereocenters. The van der Waals surface area contributed by atoms with Crippen LogP contribution in [0.4, 0.5) is 11.4 Å². The third kappa shape index (κ3) is 1.52. The van der Waals surface area contributed by atoms with Crippen molar-refractivity contribution in [1.29, 1.82) is 0 Å². The van der Waals surface area contributed by atoms with Crippen molar-refractivity contribution in [2.45, 2.75) is 6.17 Å². The highest BCUT2D eigenvalue weighted by molar-refractivity contribution is 6.20. The minimum Gasteiger partial charge on any atom is -0.497 e. The SMILES string of the molecule is COc1ccc2c(c1)N1C(=O)c3cccc4cccc(c34)C1N2. The number of carbonyl (C=O) groups excluding carboxylic acids is 1. The topological polar surface area (TPSA) is 41.6 Å². The molecule has 3 aromatic carbocycles. The highest BCUT2D eigenvalue weighted by Crippen LogP contribution is 2.48. The molecule has 1 unspecified atom stereocenters. The molecule has 0 saturated heterocycles. The molecule has 4 nitrogen and oxygen atoms in total. The fourth-order valence-electron chi connectivity index (χ4n) is 3.66. The van der Waals surface area contributed by atoms with Crippen molar-refractivity contribution in [3.63, 3.8) is 0 Å². The van der Waals surface area contributed by atoms with Gasteiger partial charge in [-0.3, -0.25) is 9.69 Å². The van der Waals surface area contributed by atoms with Crippen molar-refractivity contribution in [2.24, 2.45) is 0 Å². The second-order valence-corrected chi connectivity index (χ2v) is 5.86. The second-order valence-electron chi connectivity index (χ2n) is 5.86. The molecule has 4 heteroatoms. The van der Waals surface area contributed by atoms with Crippen molar-refractivity contribution in [1.82, 2.24) is 0 Å². The maximum Gasteiger partial charge on any atom is 0.260 e. The minimum absolute atomic E-state index is 0.0267. The summed E-state index contributed by atoms with van der Waals surface area (Å²) < 4.78 is 5.32. The van der Waals surface area contributed by atoms with E-state index in [1.807, 2.05) is 41.3 Å². The molecule has 2 heterocycles. The molecule has 23 heavy (non-hydrogen) atoms. The fourth-order valence-corrected chi connectivity index (χ4v) is 3.66. The molecule has 1 amide bonds. The van der Waals surface area contributed by atoms with Gasteiger partial charge in [-0.05, 0) is 23.6 Å². The average Bonchev–Trinajstić information content (AvgIpc) is 2.98. The molecule has 3 aromatic rings. The van der Waals surface area contributed by atoms with E-state index in [4.69, 9.17) is 4.74 Å². The summed E-state index contributed by atoms with van der Waals surface area (Å²) in [5.41, 5.74) is 3.71. The number of amides is 1. The Kier molecular flexibility index (Phi) is 2.32. The number of methoxy groups -OCH3 is 1. The molecular weight excluding hydrogens is 288 g/mol. The van der Waals surface area contributed by atoms with Gasteiger partial charge in [0.15, 0.2) is 0 Å². The lowest BCUT2D eigenvalue weighted by molar-refractivity contribution is 0.0980. The van der Waals surface area contributed by atoms with Gasteiger partial charge in [0.05, 0.1) is 18.5 Å². The van der Waals surface area contributed by atoms with Crippen LogP contribution in [-0.4, -0.2) is 13.0 Å². The first-order valence-electron chi connectivity index (χ1n) is 7.58.